The first-order chi connectivity index (χ1) is 5.20. The predicted octanol–water partition coefficient (Wildman–Crippen LogP) is 0.257. The minimum absolute atomic E-state index is 0.0847. The van der Waals surface area contributed by atoms with Crippen molar-refractivity contribution in [2.24, 2.45) is 0 Å². The number of nitrogens with zero attached hydrogens (tertiary/aromatic N) is 1. The minimum atomic E-state index is -0.758. The Labute approximate surface area is 70.2 Å². The highest BCUT2D eigenvalue weighted by atomic mass is 32.2. The molecule has 0 heterocycles. The summed E-state index contributed by atoms with van der Waals surface area (Å²) in [5.41, 5.74) is 0. The molecule has 0 aromatic rings. The average molecular weight is 174 g/mol. The van der Waals surface area contributed by atoms with Gasteiger partial charge in [0.2, 0.25) is 0 Å². The molecule has 0 saturated heterocycles. The van der Waals surface area contributed by atoms with Crippen molar-refractivity contribution in [2.75, 3.05) is 18.6 Å². The highest BCUT2D eigenvalue weighted by molar-refractivity contribution is 7.84. The first-order valence-electron chi connectivity index (χ1n) is 3.63. The van der Waals surface area contributed by atoms with Crippen LogP contribution < -0.4 is 5.32 Å². The second-order valence-corrected chi connectivity index (χ2v) is 3.88. The summed E-state index contributed by atoms with van der Waals surface area (Å²) >= 11 is 0. The van der Waals surface area contributed by atoms with Gasteiger partial charge in [-0.2, -0.15) is 5.26 Å². The Balaban J connectivity index is 3.38. The second kappa shape index (κ2) is 6.32. The fraction of sp³-hybridized carbons (Fsp3) is 0.857. The lowest BCUT2D eigenvalue weighted by Gasteiger charge is -2.06. The molecular formula is C7H14N2OS. The molecule has 0 amide bonds. The molecule has 0 rings (SSSR count). The molecule has 4 heteroatoms. The van der Waals surface area contributed by atoms with Gasteiger partial charge in [0.1, 0.15) is 0 Å². The molecule has 64 valence electrons. The van der Waals surface area contributed by atoms with E-state index in [1.807, 2.05) is 6.92 Å². The minimum Gasteiger partial charge on any atom is -0.301 e. The Kier molecular flexibility index (Phi) is 6.09. The van der Waals surface area contributed by atoms with Gasteiger partial charge in [0, 0.05) is 29.4 Å². The van der Waals surface area contributed by atoms with Crippen molar-refractivity contribution < 1.29 is 4.21 Å². The first-order valence-corrected chi connectivity index (χ1v) is 5.36. The maximum Gasteiger partial charge on any atom is 0.0950 e. The van der Waals surface area contributed by atoms with Gasteiger partial charge in [-0.25, -0.2) is 0 Å². The van der Waals surface area contributed by atoms with Gasteiger partial charge in [0.25, 0.3) is 0 Å². The summed E-state index contributed by atoms with van der Waals surface area (Å²) in [6.07, 6.45) is 2.46. The smallest absolute Gasteiger partial charge is 0.0950 e. The van der Waals surface area contributed by atoms with Crippen LogP contribution in [0.1, 0.15) is 13.3 Å². The van der Waals surface area contributed by atoms with E-state index >= 15 is 0 Å². The SMILES string of the molecule is CCC(C#N)NCCS(C)=O. The second-order valence-electron chi connectivity index (χ2n) is 2.32. The van der Waals surface area contributed by atoms with E-state index in [4.69, 9.17) is 5.26 Å². The van der Waals surface area contributed by atoms with Crippen LogP contribution in [0.25, 0.3) is 0 Å². The van der Waals surface area contributed by atoms with Gasteiger partial charge in [0.15, 0.2) is 0 Å². The molecule has 2 unspecified atom stereocenters. The zero-order chi connectivity index (χ0) is 8.69. The molecule has 0 aromatic carbocycles. The van der Waals surface area contributed by atoms with Crippen LogP contribution in [0.3, 0.4) is 0 Å². The van der Waals surface area contributed by atoms with Crippen molar-refractivity contribution >= 4 is 10.8 Å². The van der Waals surface area contributed by atoms with E-state index in [9.17, 15) is 4.21 Å². The summed E-state index contributed by atoms with van der Waals surface area (Å²) in [6.45, 7) is 2.61. The lowest BCUT2D eigenvalue weighted by atomic mass is 10.2. The van der Waals surface area contributed by atoms with E-state index < -0.39 is 10.8 Å². The van der Waals surface area contributed by atoms with Crippen LogP contribution in [0.5, 0.6) is 0 Å². The van der Waals surface area contributed by atoms with Gasteiger partial charge in [-0.05, 0) is 6.42 Å². The zero-order valence-corrected chi connectivity index (χ0v) is 7.78. The summed E-state index contributed by atoms with van der Waals surface area (Å²) in [5.74, 6) is 0.623. The van der Waals surface area contributed by atoms with Crippen molar-refractivity contribution in [1.29, 1.82) is 5.26 Å². The van der Waals surface area contributed by atoms with Crippen molar-refractivity contribution in [2.45, 2.75) is 19.4 Å². The van der Waals surface area contributed by atoms with Gasteiger partial charge in [0.05, 0.1) is 12.1 Å². The molecule has 0 aliphatic carbocycles. The average Bonchev–Trinajstić information content (AvgIpc) is 1.98. The van der Waals surface area contributed by atoms with Crippen LogP contribution in [0, 0.1) is 11.3 Å². The number of hydrogen-bond acceptors (Lipinski definition) is 3. The topological polar surface area (TPSA) is 52.9 Å². The summed E-state index contributed by atoms with van der Waals surface area (Å²) in [7, 11) is -0.758. The normalized spacial score (nSPS) is 15.4. The van der Waals surface area contributed by atoms with Crippen LogP contribution in [0.4, 0.5) is 0 Å². The molecule has 0 aromatic heterocycles. The van der Waals surface area contributed by atoms with Crippen molar-refractivity contribution in [3.63, 3.8) is 0 Å². The maximum atomic E-state index is 10.6. The Bertz CT molecular complexity index is 164. The van der Waals surface area contributed by atoms with E-state index in [1.54, 1.807) is 6.26 Å². The number of rotatable bonds is 5. The molecule has 2 atom stereocenters. The van der Waals surface area contributed by atoms with Crippen LogP contribution in [-0.4, -0.2) is 28.8 Å². The van der Waals surface area contributed by atoms with Gasteiger partial charge < -0.3 is 5.32 Å². The van der Waals surface area contributed by atoms with E-state index in [2.05, 4.69) is 11.4 Å². The third kappa shape index (κ3) is 6.02. The van der Waals surface area contributed by atoms with E-state index in [0.717, 1.165) is 6.42 Å². The molecular weight excluding hydrogens is 160 g/mol. The monoisotopic (exact) mass is 174 g/mol. The highest BCUT2D eigenvalue weighted by Gasteiger charge is 2.01. The predicted molar refractivity (Wildman–Crippen MR) is 46.6 cm³/mol. The fourth-order valence-corrected chi connectivity index (χ4v) is 1.06. The summed E-state index contributed by atoms with van der Waals surface area (Å²) < 4.78 is 10.6. The zero-order valence-electron chi connectivity index (χ0n) is 6.96. The first kappa shape index (κ1) is 10.6. The standard InChI is InChI=1S/C7H14N2OS/c1-3-7(6-8)9-4-5-11(2)10/h7,9H,3-5H2,1-2H3. The largest absolute Gasteiger partial charge is 0.301 e. The summed E-state index contributed by atoms with van der Waals surface area (Å²) in [5, 5.41) is 11.5. The Morgan fingerprint density at radius 1 is 1.73 bits per heavy atom. The van der Waals surface area contributed by atoms with Gasteiger partial charge in [-0.15, -0.1) is 0 Å². The molecule has 0 saturated carbocycles. The van der Waals surface area contributed by atoms with Crippen LogP contribution in [0.2, 0.25) is 0 Å². The Morgan fingerprint density at radius 3 is 2.73 bits per heavy atom. The third-order valence-electron chi connectivity index (χ3n) is 1.34. The van der Waals surface area contributed by atoms with Crippen molar-refractivity contribution in [3.8, 4) is 6.07 Å². The summed E-state index contributed by atoms with van der Waals surface area (Å²) in [4.78, 5) is 0. The molecule has 0 spiro atoms. The molecule has 11 heavy (non-hydrogen) atoms. The van der Waals surface area contributed by atoms with E-state index in [0.29, 0.717) is 12.3 Å². The molecule has 0 bridgehead atoms. The number of hydrogen-bond donors (Lipinski definition) is 1. The third-order valence-corrected chi connectivity index (χ3v) is 2.12. The summed E-state index contributed by atoms with van der Waals surface area (Å²) in [6, 6.07) is 2.03. The number of nitriles is 1. The molecule has 0 fully saturated rings. The quantitative estimate of drug-likeness (QED) is 0.650. The van der Waals surface area contributed by atoms with Gasteiger partial charge in [-0.1, -0.05) is 6.92 Å². The van der Waals surface area contributed by atoms with E-state index in [1.165, 1.54) is 0 Å². The lowest BCUT2D eigenvalue weighted by molar-refractivity contribution is 0.607. The van der Waals surface area contributed by atoms with Crippen molar-refractivity contribution in [3.05, 3.63) is 0 Å². The lowest BCUT2D eigenvalue weighted by Crippen LogP contribution is -2.30. The fourth-order valence-electron chi connectivity index (χ4n) is 0.658. The van der Waals surface area contributed by atoms with Crippen LogP contribution in [-0.2, 0) is 10.8 Å². The molecule has 1 N–H and O–H groups in total. The van der Waals surface area contributed by atoms with Crippen LogP contribution >= 0.6 is 0 Å². The molecule has 0 radical (unpaired) electrons. The van der Waals surface area contributed by atoms with Gasteiger partial charge in [-0.3, -0.25) is 4.21 Å². The Hall–Kier alpha value is -0.400. The molecule has 3 nitrogen and oxygen atoms in total. The van der Waals surface area contributed by atoms with Crippen LogP contribution in [0.15, 0.2) is 0 Å². The molecule has 0 aliphatic heterocycles. The van der Waals surface area contributed by atoms with Crippen molar-refractivity contribution in [1.82, 2.24) is 5.32 Å². The van der Waals surface area contributed by atoms with E-state index in [-0.39, 0.29) is 6.04 Å². The maximum absolute atomic E-state index is 10.6. The molecule has 0 aliphatic rings. The Morgan fingerprint density at radius 2 is 2.36 bits per heavy atom. The number of nitrogens with one attached hydrogen (secondary N) is 1. The van der Waals surface area contributed by atoms with Gasteiger partial charge >= 0.3 is 0 Å². The highest BCUT2D eigenvalue weighted by Crippen LogP contribution is 1.86.